The molecule has 1 N–H and O–H groups in total. The first-order valence-corrected chi connectivity index (χ1v) is 7.65. The highest BCUT2D eigenvalue weighted by Gasteiger charge is 2.24. The predicted octanol–water partition coefficient (Wildman–Crippen LogP) is 2.31. The Morgan fingerprint density at radius 1 is 1.42 bits per heavy atom. The second-order valence-electron chi connectivity index (χ2n) is 5.40. The Hall–Kier alpha value is -1.08. The summed E-state index contributed by atoms with van der Waals surface area (Å²) in [6.45, 7) is 5.66. The van der Waals surface area contributed by atoms with Gasteiger partial charge in [-0.1, -0.05) is 26.2 Å². The molecule has 1 aliphatic heterocycles. The summed E-state index contributed by atoms with van der Waals surface area (Å²) in [4.78, 5) is 14.3. The number of nitrogens with zero attached hydrogens (tertiary/aromatic N) is 2. The predicted molar refractivity (Wildman–Crippen MR) is 76.5 cm³/mol. The quantitative estimate of drug-likeness (QED) is 0.685. The Bertz CT molecular complexity index is 298. The molecule has 0 saturated carbocycles. The lowest BCUT2D eigenvalue weighted by Crippen LogP contribution is -2.43. The summed E-state index contributed by atoms with van der Waals surface area (Å²) in [5.41, 5.74) is 0. The number of nitriles is 1. The molecule has 1 atom stereocenters. The lowest BCUT2D eigenvalue weighted by atomic mass is 9.97. The fourth-order valence-corrected chi connectivity index (χ4v) is 2.59. The van der Waals surface area contributed by atoms with Crippen molar-refractivity contribution in [2.75, 3.05) is 26.2 Å². The van der Waals surface area contributed by atoms with Gasteiger partial charge >= 0.3 is 0 Å². The van der Waals surface area contributed by atoms with Gasteiger partial charge in [0, 0.05) is 26.1 Å². The van der Waals surface area contributed by atoms with Crippen molar-refractivity contribution in [3.63, 3.8) is 0 Å². The molecule has 1 amide bonds. The first-order chi connectivity index (χ1) is 9.27. The van der Waals surface area contributed by atoms with Crippen LogP contribution in [0.25, 0.3) is 0 Å². The molecule has 1 fully saturated rings. The van der Waals surface area contributed by atoms with Crippen LogP contribution in [0.2, 0.25) is 0 Å². The van der Waals surface area contributed by atoms with E-state index in [-0.39, 0.29) is 11.8 Å². The van der Waals surface area contributed by atoms with Gasteiger partial charge in [-0.15, -0.1) is 0 Å². The van der Waals surface area contributed by atoms with Gasteiger partial charge in [0.15, 0.2) is 0 Å². The van der Waals surface area contributed by atoms with Gasteiger partial charge in [-0.25, -0.2) is 0 Å². The van der Waals surface area contributed by atoms with Gasteiger partial charge in [0.2, 0.25) is 5.91 Å². The summed E-state index contributed by atoms with van der Waals surface area (Å²) in [7, 11) is 0. The number of hydrogen-bond donors (Lipinski definition) is 1. The fraction of sp³-hybridized carbons (Fsp3) is 0.867. The van der Waals surface area contributed by atoms with Crippen molar-refractivity contribution < 1.29 is 4.79 Å². The average molecular weight is 265 g/mol. The van der Waals surface area contributed by atoms with E-state index < -0.39 is 0 Å². The molecule has 0 aromatic heterocycles. The van der Waals surface area contributed by atoms with Gasteiger partial charge in [-0.2, -0.15) is 5.26 Å². The first kappa shape index (κ1) is 16.0. The number of piperidine rings is 1. The topological polar surface area (TPSA) is 56.1 Å². The third kappa shape index (κ3) is 6.58. The molecule has 19 heavy (non-hydrogen) atoms. The standard InChI is InChI=1S/C15H27N3O/c1-2-3-4-5-10-17-15(19)14-8-6-11-18(13-14)12-7-9-16/h14H,2-8,10-13H2,1H3,(H,17,19). The van der Waals surface area contributed by atoms with Crippen LogP contribution in [0.3, 0.4) is 0 Å². The van der Waals surface area contributed by atoms with Gasteiger partial charge in [-0.3, -0.25) is 4.79 Å². The largest absolute Gasteiger partial charge is 0.356 e. The molecular weight excluding hydrogens is 238 g/mol. The molecule has 0 bridgehead atoms. The third-order valence-electron chi connectivity index (χ3n) is 3.75. The highest BCUT2D eigenvalue weighted by Crippen LogP contribution is 2.16. The molecule has 1 rings (SSSR count). The van der Waals surface area contributed by atoms with Crippen molar-refractivity contribution in [1.82, 2.24) is 10.2 Å². The van der Waals surface area contributed by atoms with Gasteiger partial charge in [0.25, 0.3) is 0 Å². The van der Waals surface area contributed by atoms with Crippen LogP contribution in [0, 0.1) is 17.2 Å². The molecule has 1 unspecified atom stereocenters. The third-order valence-corrected chi connectivity index (χ3v) is 3.75. The molecular formula is C15H27N3O. The number of nitrogens with one attached hydrogen (secondary N) is 1. The van der Waals surface area contributed by atoms with E-state index in [9.17, 15) is 4.79 Å². The Morgan fingerprint density at radius 3 is 3.00 bits per heavy atom. The number of rotatable bonds is 8. The van der Waals surface area contributed by atoms with E-state index in [0.717, 1.165) is 45.4 Å². The van der Waals surface area contributed by atoms with E-state index in [4.69, 9.17) is 5.26 Å². The minimum absolute atomic E-state index is 0.124. The van der Waals surface area contributed by atoms with E-state index >= 15 is 0 Å². The molecule has 0 radical (unpaired) electrons. The lowest BCUT2D eigenvalue weighted by Gasteiger charge is -2.31. The molecule has 1 saturated heterocycles. The van der Waals surface area contributed by atoms with Crippen molar-refractivity contribution in [3.8, 4) is 6.07 Å². The normalized spacial score (nSPS) is 19.9. The molecule has 108 valence electrons. The molecule has 0 aliphatic carbocycles. The van der Waals surface area contributed by atoms with Gasteiger partial charge in [0.1, 0.15) is 0 Å². The molecule has 0 spiro atoms. The smallest absolute Gasteiger partial charge is 0.224 e. The van der Waals surface area contributed by atoms with Crippen LogP contribution in [0.15, 0.2) is 0 Å². The van der Waals surface area contributed by atoms with Crippen LogP contribution in [0.5, 0.6) is 0 Å². The second-order valence-corrected chi connectivity index (χ2v) is 5.40. The second kappa shape index (κ2) is 9.80. The number of hydrogen-bond acceptors (Lipinski definition) is 3. The van der Waals surface area contributed by atoms with Crippen molar-refractivity contribution in [2.24, 2.45) is 5.92 Å². The van der Waals surface area contributed by atoms with Crippen molar-refractivity contribution >= 4 is 5.91 Å². The van der Waals surface area contributed by atoms with E-state index in [1.807, 2.05) is 0 Å². The van der Waals surface area contributed by atoms with Gasteiger partial charge in [-0.05, 0) is 25.8 Å². The van der Waals surface area contributed by atoms with Crippen LogP contribution in [0.1, 0.15) is 51.9 Å². The number of likely N-dealkylation sites (tertiary alicyclic amines) is 1. The molecule has 4 heteroatoms. The maximum atomic E-state index is 12.0. The van der Waals surface area contributed by atoms with E-state index in [1.165, 1.54) is 19.3 Å². The molecule has 4 nitrogen and oxygen atoms in total. The van der Waals surface area contributed by atoms with Crippen LogP contribution < -0.4 is 5.32 Å². The van der Waals surface area contributed by atoms with Crippen LogP contribution in [0.4, 0.5) is 0 Å². The fourth-order valence-electron chi connectivity index (χ4n) is 2.59. The van der Waals surface area contributed by atoms with Crippen LogP contribution >= 0.6 is 0 Å². The molecule has 0 aromatic rings. The van der Waals surface area contributed by atoms with E-state index in [1.54, 1.807) is 0 Å². The lowest BCUT2D eigenvalue weighted by molar-refractivity contribution is -0.126. The summed E-state index contributed by atoms with van der Waals surface area (Å²) < 4.78 is 0. The molecule has 1 heterocycles. The Balaban J connectivity index is 2.18. The minimum Gasteiger partial charge on any atom is -0.356 e. The first-order valence-electron chi connectivity index (χ1n) is 7.65. The maximum absolute atomic E-state index is 12.0. The number of carbonyl (C=O) groups is 1. The monoisotopic (exact) mass is 265 g/mol. The van der Waals surface area contributed by atoms with Crippen molar-refractivity contribution in [3.05, 3.63) is 0 Å². The van der Waals surface area contributed by atoms with Crippen LogP contribution in [-0.2, 0) is 4.79 Å². The van der Waals surface area contributed by atoms with Crippen molar-refractivity contribution in [1.29, 1.82) is 5.26 Å². The zero-order chi connectivity index (χ0) is 13.9. The SMILES string of the molecule is CCCCCCNC(=O)C1CCCN(CCC#N)C1. The van der Waals surface area contributed by atoms with Gasteiger partial charge < -0.3 is 10.2 Å². The zero-order valence-electron chi connectivity index (χ0n) is 12.2. The van der Waals surface area contributed by atoms with E-state index in [2.05, 4.69) is 23.2 Å². The van der Waals surface area contributed by atoms with Crippen LogP contribution in [-0.4, -0.2) is 37.0 Å². The van der Waals surface area contributed by atoms with Crippen molar-refractivity contribution in [2.45, 2.75) is 51.9 Å². The summed E-state index contributed by atoms with van der Waals surface area (Å²) >= 11 is 0. The molecule has 1 aliphatic rings. The maximum Gasteiger partial charge on any atom is 0.224 e. The Morgan fingerprint density at radius 2 is 2.26 bits per heavy atom. The molecule has 0 aromatic carbocycles. The summed E-state index contributed by atoms with van der Waals surface area (Å²) in [5, 5.41) is 11.7. The number of carbonyl (C=O) groups excluding carboxylic acids is 1. The average Bonchev–Trinajstić information content (AvgIpc) is 2.45. The minimum atomic E-state index is 0.124. The van der Waals surface area contributed by atoms with Gasteiger partial charge in [0.05, 0.1) is 12.0 Å². The highest BCUT2D eigenvalue weighted by molar-refractivity contribution is 5.78. The summed E-state index contributed by atoms with van der Waals surface area (Å²) in [6.07, 6.45) is 7.39. The Labute approximate surface area is 117 Å². The number of amides is 1. The zero-order valence-corrected chi connectivity index (χ0v) is 12.2. The number of unbranched alkanes of at least 4 members (excludes halogenated alkanes) is 3. The summed E-state index contributed by atoms with van der Waals surface area (Å²) in [6, 6.07) is 2.17. The highest BCUT2D eigenvalue weighted by atomic mass is 16.1. The summed E-state index contributed by atoms with van der Waals surface area (Å²) in [5.74, 6) is 0.330. The Kier molecular flexibility index (Phi) is 8.24. The van der Waals surface area contributed by atoms with E-state index in [0.29, 0.717) is 6.42 Å².